The van der Waals surface area contributed by atoms with Crippen LogP contribution in [0.3, 0.4) is 0 Å². The molecule has 14 aromatic rings. The van der Waals surface area contributed by atoms with Gasteiger partial charge in [0.1, 0.15) is 5.58 Å². The zero-order valence-corrected chi connectivity index (χ0v) is 30.9. The molecule has 0 fully saturated rings. The lowest BCUT2D eigenvalue weighted by Crippen LogP contribution is -2.02. The van der Waals surface area contributed by atoms with Crippen molar-refractivity contribution in [3.63, 3.8) is 0 Å². The molecule has 8 aromatic carbocycles. The molecule has 0 saturated heterocycles. The maximum Gasteiger partial charge on any atom is 0.233 e. The highest BCUT2D eigenvalue weighted by Gasteiger charge is 2.27. The van der Waals surface area contributed by atoms with E-state index in [2.05, 4.69) is 177 Å². The van der Waals surface area contributed by atoms with Crippen molar-refractivity contribution in [1.82, 2.24) is 23.5 Å². The van der Waals surface area contributed by atoms with Gasteiger partial charge in [0.15, 0.2) is 11.6 Å². The second kappa shape index (κ2) is 10.9. The van der Waals surface area contributed by atoms with Gasteiger partial charge in [-0.15, -0.1) is 0 Å². The van der Waals surface area contributed by atoms with E-state index in [-0.39, 0.29) is 0 Å². The zero-order valence-electron chi connectivity index (χ0n) is 30.9. The Morgan fingerprint density at radius 3 is 1.74 bits per heavy atom. The van der Waals surface area contributed by atoms with E-state index in [1.807, 2.05) is 12.1 Å². The second-order valence-electron chi connectivity index (χ2n) is 15.3. The lowest BCUT2D eigenvalue weighted by Gasteiger charge is -2.12. The molecule has 0 aliphatic carbocycles. The number of hydrogen-bond donors (Lipinski definition) is 0. The second-order valence-corrected chi connectivity index (χ2v) is 15.3. The van der Waals surface area contributed by atoms with Gasteiger partial charge in [0.25, 0.3) is 0 Å². The first kappa shape index (κ1) is 30.3. The highest BCUT2D eigenvalue weighted by atomic mass is 16.3. The highest BCUT2D eigenvalue weighted by Crippen LogP contribution is 2.47. The SMILES string of the molecule is c1ccc(-n2c3ccccc3c3ccc(-c4nc(-n5c6ccccc6c6c7c8ccccc8n8c9ccccc9c(cc65)c78)c5c(n4)oc4ccccc45)cc32)cc1. The molecule has 0 radical (unpaired) electrons. The predicted octanol–water partition coefficient (Wildman–Crippen LogP) is 13.4. The number of rotatable bonds is 3. The van der Waals surface area contributed by atoms with Gasteiger partial charge in [0, 0.05) is 59.7 Å². The first-order chi connectivity index (χ1) is 28.8. The Morgan fingerprint density at radius 1 is 0.379 bits per heavy atom. The summed E-state index contributed by atoms with van der Waals surface area (Å²) < 4.78 is 13.8. The van der Waals surface area contributed by atoms with E-state index in [1.54, 1.807) is 0 Å². The van der Waals surface area contributed by atoms with E-state index in [4.69, 9.17) is 14.4 Å². The van der Waals surface area contributed by atoms with Crippen molar-refractivity contribution >= 4 is 104 Å². The Labute approximate surface area is 329 Å². The molecule has 0 saturated carbocycles. The van der Waals surface area contributed by atoms with Crippen molar-refractivity contribution in [2.75, 3.05) is 0 Å². The van der Waals surface area contributed by atoms with Crippen molar-refractivity contribution in [1.29, 1.82) is 0 Å². The van der Waals surface area contributed by atoms with Crippen LogP contribution in [0.25, 0.3) is 127 Å². The highest BCUT2D eigenvalue weighted by molar-refractivity contribution is 6.36. The monoisotopic (exact) mass is 739 g/mol. The van der Waals surface area contributed by atoms with Gasteiger partial charge in [-0.3, -0.25) is 4.57 Å². The van der Waals surface area contributed by atoms with Gasteiger partial charge in [-0.1, -0.05) is 121 Å². The van der Waals surface area contributed by atoms with Crippen molar-refractivity contribution in [2.24, 2.45) is 0 Å². The first-order valence-corrected chi connectivity index (χ1v) is 19.7. The summed E-state index contributed by atoms with van der Waals surface area (Å²) in [5.74, 6) is 1.40. The molecule has 0 aliphatic rings. The van der Waals surface area contributed by atoms with E-state index < -0.39 is 0 Å². The topological polar surface area (TPSA) is 53.2 Å². The van der Waals surface area contributed by atoms with Crippen molar-refractivity contribution in [3.8, 4) is 22.9 Å². The standard InChI is InChI=1S/C52H29N5O/c1-2-14-31(15-3-1)55-39-21-9-4-16-32(39)34-27-26-30(28-43(34)55)50-53-51(48-37-20-8-13-25-45(37)58-52(48)54-50)57-42-24-12-6-18-35(42)46-44(57)29-38-33-17-5-10-22-40(33)56-41-23-11-7-19-36(41)47(46)49(38)56/h1-29H. The Hall–Kier alpha value is -7.96. The summed E-state index contributed by atoms with van der Waals surface area (Å²) in [5, 5.41) is 11.6. The number of aromatic nitrogens is 5. The van der Waals surface area contributed by atoms with Crippen molar-refractivity contribution in [2.45, 2.75) is 0 Å². The van der Waals surface area contributed by atoms with Crippen LogP contribution in [0.1, 0.15) is 0 Å². The number of nitrogens with zero attached hydrogens (tertiary/aromatic N) is 5. The van der Waals surface area contributed by atoms with E-state index in [9.17, 15) is 0 Å². The molecule has 58 heavy (non-hydrogen) atoms. The molecule has 0 spiro atoms. The average Bonchev–Trinajstić information content (AvgIpc) is 4.08. The third-order valence-electron chi connectivity index (χ3n) is 12.4. The third-order valence-corrected chi connectivity index (χ3v) is 12.4. The fraction of sp³-hybridized carbons (Fsp3) is 0. The molecule has 14 rings (SSSR count). The molecule has 6 aromatic heterocycles. The summed E-state index contributed by atoms with van der Waals surface area (Å²) in [6, 6.07) is 62.7. The average molecular weight is 740 g/mol. The minimum Gasteiger partial charge on any atom is -0.437 e. The molecule has 0 amide bonds. The number of benzene rings is 8. The number of fused-ring (bicyclic) bond motifs is 16. The van der Waals surface area contributed by atoms with Gasteiger partial charge in [0.2, 0.25) is 5.71 Å². The smallest absolute Gasteiger partial charge is 0.233 e. The van der Waals surface area contributed by atoms with Crippen LogP contribution in [-0.4, -0.2) is 23.5 Å². The summed E-state index contributed by atoms with van der Waals surface area (Å²) in [4.78, 5) is 10.8. The summed E-state index contributed by atoms with van der Waals surface area (Å²) in [6.45, 7) is 0. The summed E-state index contributed by atoms with van der Waals surface area (Å²) in [7, 11) is 0. The molecule has 0 aliphatic heterocycles. The molecule has 268 valence electrons. The van der Waals surface area contributed by atoms with E-state index >= 15 is 0 Å². The maximum absolute atomic E-state index is 6.65. The molecule has 0 unspecified atom stereocenters. The van der Waals surface area contributed by atoms with Crippen LogP contribution in [-0.2, 0) is 0 Å². The molecular formula is C52H29N5O. The minimum atomic E-state index is 0.559. The number of hydrogen-bond acceptors (Lipinski definition) is 3. The zero-order chi connectivity index (χ0) is 37.6. The summed E-state index contributed by atoms with van der Waals surface area (Å²) in [5.41, 5.74) is 11.5. The van der Waals surface area contributed by atoms with Gasteiger partial charge in [-0.25, -0.2) is 4.98 Å². The van der Waals surface area contributed by atoms with Crippen LogP contribution in [0.5, 0.6) is 0 Å². The van der Waals surface area contributed by atoms with E-state index in [0.717, 1.165) is 55.5 Å². The molecule has 6 nitrogen and oxygen atoms in total. The maximum atomic E-state index is 6.65. The molecule has 6 heteroatoms. The Balaban J connectivity index is 1.14. The van der Waals surface area contributed by atoms with Gasteiger partial charge in [-0.05, 0) is 54.6 Å². The normalized spacial score (nSPS) is 12.5. The van der Waals surface area contributed by atoms with E-state index in [1.165, 1.54) is 59.6 Å². The lowest BCUT2D eigenvalue weighted by molar-refractivity contribution is 0.653. The van der Waals surface area contributed by atoms with Crippen LogP contribution in [0.4, 0.5) is 0 Å². The van der Waals surface area contributed by atoms with Crippen LogP contribution in [0.2, 0.25) is 0 Å². The molecular weight excluding hydrogens is 711 g/mol. The molecule has 0 N–H and O–H groups in total. The van der Waals surface area contributed by atoms with Gasteiger partial charge < -0.3 is 13.4 Å². The molecule has 0 atom stereocenters. The fourth-order valence-corrected chi connectivity index (χ4v) is 10.1. The first-order valence-electron chi connectivity index (χ1n) is 19.7. The van der Waals surface area contributed by atoms with Crippen LogP contribution in [0, 0.1) is 0 Å². The third kappa shape index (κ3) is 3.76. The Bertz CT molecular complexity index is 4030. The lowest BCUT2D eigenvalue weighted by atomic mass is 10.0. The van der Waals surface area contributed by atoms with Crippen LogP contribution in [0.15, 0.2) is 180 Å². The largest absolute Gasteiger partial charge is 0.437 e. The van der Waals surface area contributed by atoms with Crippen LogP contribution >= 0.6 is 0 Å². The Morgan fingerprint density at radius 2 is 0.966 bits per heavy atom. The van der Waals surface area contributed by atoms with Crippen molar-refractivity contribution in [3.05, 3.63) is 176 Å². The van der Waals surface area contributed by atoms with E-state index in [0.29, 0.717) is 11.5 Å². The van der Waals surface area contributed by atoms with Gasteiger partial charge >= 0.3 is 0 Å². The summed E-state index contributed by atoms with van der Waals surface area (Å²) >= 11 is 0. The molecule has 0 bridgehead atoms. The minimum absolute atomic E-state index is 0.559. The van der Waals surface area contributed by atoms with Crippen LogP contribution < -0.4 is 0 Å². The van der Waals surface area contributed by atoms with Gasteiger partial charge in [-0.2, -0.15) is 4.98 Å². The number of para-hydroxylation sites is 6. The predicted molar refractivity (Wildman–Crippen MR) is 238 cm³/mol. The number of furan rings is 1. The van der Waals surface area contributed by atoms with Crippen molar-refractivity contribution < 1.29 is 4.42 Å². The summed E-state index contributed by atoms with van der Waals surface area (Å²) in [6.07, 6.45) is 0. The quantitative estimate of drug-likeness (QED) is 0.181. The fourth-order valence-electron chi connectivity index (χ4n) is 10.1. The Kier molecular flexibility index (Phi) is 5.68. The molecule has 6 heterocycles. The van der Waals surface area contributed by atoms with Gasteiger partial charge in [0.05, 0.1) is 44.0 Å².